The molecule has 3 atom stereocenters. The molecule has 0 radical (unpaired) electrons. The van der Waals surface area contributed by atoms with Gasteiger partial charge in [0, 0.05) is 17.8 Å². The number of ether oxygens (including phenoxy) is 3. The van der Waals surface area contributed by atoms with Crippen LogP contribution in [-0.2, 0) is 30.9 Å². The second kappa shape index (κ2) is 6.66. The Labute approximate surface area is 159 Å². The summed E-state index contributed by atoms with van der Waals surface area (Å²) < 4.78 is 15.3. The summed E-state index contributed by atoms with van der Waals surface area (Å²) in [7, 11) is 4.18. The van der Waals surface area contributed by atoms with E-state index in [9.17, 15) is 14.4 Å². The fraction of sp³-hybridized carbons (Fsp3) is 0.571. The number of hydrogen-bond donors (Lipinski definition) is 0. The highest BCUT2D eigenvalue weighted by Gasteiger charge is 2.59. The minimum absolute atomic E-state index is 0.0126. The third-order valence-corrected chi connectivity index (χ3v) is 6.45. The standard InChI is InChI=1S/C21H26O6/c1-20-7-6-8-21(2,19(24)27-5)17(20)15(22)10-12-9-13(18(23)26-4)16(25-3)11-14(12)20/h9,11,17H,6-8,10H2,1-5H3/t17-,20-,21+/m1/s1. The van der Waals surface area contributed by atoms with Gasteiger partial charge in [-0.25, -0.2) is 4.79 Å². The van der Waals surface area contributed by atoms with E-state index >= 15 is 0 Å². The number of esters is 2. The summed E-state index contributed by atoms with van der Waals surface area (Å²) in [4.78, 5) is 37.9. The molecule has 0 heterocycles. The van der Waals surface area contributed by atoms with E-state index in [-0.39, 0.29) is 18.2 Å². The minimum atomic E-state index is -0.856. The Morgan fingerprint density at radius 2 is 1.78 bits per heavy atom. The first-order chi connectivity index (χ1) is 12.7. The number of Topliss-reactive ketones (excluding diaryl/α,β-unsaturated/α-hetero) is 1. The molecular weight excluding hydrogens is 348 g/mol. The number of carbonyl (C=O) groups is 3. The van der Waals surface area contributed by atoms with Crippen LogP contribution in [0.25, 0.3) is 0 Å². The number of hydrogen-bond acceptors (Lipinski definition) is 6. The van der Waals surface area contributed by atoms with Crippen molar-refractivity contribution in [3.63, 3.8) is 0 Å². The fourth-order valence-electron chi connectivity index (χ4n) is 5.30. The SMILES string of the molecule is COC(=O)c1cc2c(cc1OC)[C@@]1(C)CCC[C@](C)(C(=O)OC)[C@@H]1C(=O)C2. The smallest absolute Gasteiger partial charge is 0.341 e. The first-order valence-corrected chi connectivity index (χ1v) is 9.13. The van der Waals surface area contributed by atoms with Crippen molar-refractivity contribution in [2.45, 2.75) is 44.9 Å². The van der Waals surface area contributed by atoms with E-state index in [0.29, 0.717) is 17.7 Å². The Morgan fingerprint density at radius 1 is 1.07 bits per heavy atom. The molecule has 0 aromatic heterocycles. The minimum Gasteiger partial charge on any atom is -0.496 e. The molecule has 1 fully saturated rings. The van der Waals surface area contributed by atoms with E-state index in [2.05, 4.69) is 0 Å². The number of methoxy groups -OCH3 is 3. The topological polar surface area (TPSA) is 78.9 Å². The summed E-state index contributed by atoms with van der Waals surface area (Å²) in [5, 5.41) is 0. The highest BCUT2D eigenvalue weighted by atomic mass is 16.5. The summed E-state index contributed by atoms with van der Waals surface area (Å²) in [6, 6.07) is 3.54. The van der Waals surface area contributed by atoms with Gasteiger partial charge in [0.25, 0.3) is 0 Å². The summed E-state index contributed by atoms with van der Waals surface area (Å²) in [6.07, 6.45) is 2.39. The second-order valence-corrected chi connectivity index (χ2v) is 7.96. The predicted octanol–water partition coefficient (Wildman–Crippen LogP) is 2.84. The molecule has 27 heavy (non-hydrogen) atoms. The van der Waals surface area contributed by atoms with E-state index in [1.54, 1.807) is 6.07 Å². The van der Waals surface area contributed by atoms with Crippen LogP contribution in [0.3, 0.4) is 0 Å². The molecule has 1 aromatic rings. The van der Waals surface area contributed by atoms with Gasteiger partial charge in [0.2, 0.25) is 0 Å². The highest BCUT2D eigenvalue weighted by molar-refractivity contribution is 5.96. The van der Waals surface area contributed by atoms with Crippen LogP contribution in [0.2, 0.25) is 0 Å². The summed E-state index contributed by atoms with van der Waals surface area (Å²) in [5.41, 5.74) is 0.694. The molecule has 2 aliphatic carbocycles. The Balaban J connectivity index is 2.20. The van der Waals surface area contributed by atoms with Crippen LogP contribution >= 0.6 is 0 Å². The third kappa shape index (κ3) is 2.73. The average Bonchev–Trinajstić information content (AvgIpc) is 2.65. The Morgan fingerprint density at radius 3 is 2.37 bits per heavy atom. The molecule has 6 nitrogen and oxygen atoms in total. The maximum absolute atomic E-state index is 13.2. The van der Waals surface area contributed by atoms with Crippen LogP contribution in [0.1, 0.15) is 54.6 Å². The van der Waals surface area contributed by atoms with Gasteiger partial charge in [-0.2, -0.15) is 0 Å². The lowest BCUT2D eigenvalue weighted by Gasteiger charge is -2.52. The van der Waals surface area contributed by atoms with Gasteiger partial charge in [0.15, 0.2) is 0 Å². The molecule has 0 aliphatic heterocycles. The van der Waals surface area contributed by atoms with Crippen molar-refractivity contribution in [2.24, 2.45) is 11.3 Å². The van der Waals surface area contributed by atoms with E-state index in [0.717, 1.165) is 24.0 Å². The van der Waals surface area contributed by atoms with Gasteiger partial charge < -0.3 is 14.2 Å². The molecule has 0 spiro atoms. The van der Waals surface area contributed by atoms with Crippen LogP contribution < -0.4 is 4.74 Å². The maximum atomic E-state index is 13.2. The zero-order valence-electron chi connectivity index (χ0n) is 16.5. The number of fused-ring (bicyclic) bond motifs is 3. The highest BCUT2D eigenvalue weighted by Crippen LogP contribution is 2.57. The lowest BCUT2D eigenvalue weighted by molar-refractivity contribution is -0.165. The maximum Gasteiger partial charge on any atom is 0.341 e. The van der Waals surface area contributed by atoms with Crippen LogP contribution in [0.5, 0.6) is 5.75 Å². The van der Waals surface area contributed by atoms with Gasteiger partial charge in [0.1, 0.15) is 17.1 Å². The number of benzene rings is 1. The molecule has 0 bridgehead atoms. The van der Waals surface area contributed by atoms with Gasteiger partial charge >= 0.3 is 11.9 Å². The normalized spacial score (nSPS) is 29.4. The monoisotopic (exact) mass is 374 g/mol. The van der Waals surface area contributed by atoms with Gasteiger partial charge in [-0.1, -0.05) is 13.3 Å². The average molecular weight is 374 g/mol. The van der Waals surface area contributed by atoms with Gasteiger partial charge in [-0.3, -0.25) is 9.59 Å². The van der Waals surface area contributed by atoms with Crippen LogP contribution in [0, 0.1) is 11.3 Å². The van der Waals surface area contributed by atoms with Gasteiger partial charge in [-0.05, 0) is 43.0 Å². The summed E-state index contributed by atoms with van der Waals surface area (Å²) >= 11 is 0. The van der Waals surface area contributed by atoms with Crippen LogP contribution in [0.15, 0.2) is 12.1 Å². The lowest BCUT2D eigenvalue weighted by atomic mass is 9.49. The van der Waals surface area contributed by atoms with Crippen LogP contribution in [0.4, 0.5) is 0 Å². The van der Waals surface area contributed by atoms with Crippen molar-refractivity contribution < 1.29 is 28.6 Å². The van der Waals surface area contributed by atoms with E-state index in [1.165, 1.54) is 21.3 Å². The van der Waals surface area contributed by atoms with Crippen LogP contribution in [-0.4, -0.2) is 39.1 Å². The molecule has 3 rings (SSSR count). The lowest BCUT2D eigenvalue weighted by Crippen LogP contribution is -2.56. The first-order valence-electron chi connectivity index (χ1n) is 9.13. The molecule has 146 valence electrons. The molecule has 0 N–H and O–H groups in total. The van der Waals surface area contributed by atoms with Crippen molar-refractivity contribution in [1.82, 2.24) is 0 Å². The van der Waals surface area contributed by atoms with E-state index < -0.39 is 22.7 Å². The largest absolute Gasteiger partial charge is 0.496 e. The van der Waals surface area contributed by atoms with Gasteiger partial charge in [0.05, 0.1) is 26.7 Å². The molecule has 2 aliphatic rings. The van der Waals surface area contributed by atoms with Crippen molar-refractivity contribution in [1.29, 1.82) is 0 Å². The van der Waals surface area contributed by atoms with Crippen molar-refractivity contribution in [3.05, 3.63) is 28.8 Å². The van der Waals surface area contributed by atoms with E-state index in [1.807, 2.05) is 19.9 Å². The van der Waals surface area contributed by atoms with Gasteiger partial charge in [-0.15, -0.1) is 0 Å². The fourth-order valence-corrected chi connectivity index (χ4v) is 5.30. The van der Waals surface area contributed by atoms with Crippen molar-refractivity contribution in [2.75, 3.05) is 21.3 Å². The van der Waals surface area contributed by atoms with Crippen molar-refractivity contribution in [3.8, 4) is 5.75 Å². The molecule has 0 saturated heterocycles. The third-order valence-electron chi connectivity index (χ3n) is 6.45. The first kappa shape index (κ1) is 19.4. The zero-order chi connectivity index (χ0) is 20.0. The Kier molecular flexibility index (Phi) is 4.78. The second-order valence-electron chi connectivity index (χ2n) is 7.96. The Hall–Kier alpha value is -2.37. The molecular formula is C21H26O6. The summed E-state index contributed by atoms with van der Waals surface area (Å²) in [6.45, 7) is 3.87. The molecule has 0 unspecified atom stereocenters. The predicted molar refractivity (Wildman–Crippen MR) is 97.9 cm³/mol. The molecule has 6 heteroatoms. The number of carbonyl (C=O) groups excluding carboxylic acids is 3. The zero-order valence-corrected chi connectivity index (χ0v) is 16.5. The number of ketones is 1. The quantitative estimate of drug-likeness (QED) is 0.757. The van der Waals surface area contributed by atoms with E-state index in [4.69, 9.17) is 14.2 Å². The molecule has 1 saturated carbocycles. The number of rotatable bonds is 3. The van der Waals surface area contributed by atoms with Crippen molar-refractivity contribution >= 4 is 17.7 Å². The Bertz CT molecular complexity index is 813. The molecule has 0 amide bonds. The molecule has 1 aromatic carbocycles. The summed E-state index contributed by atoms with van der Waals surface area (Å²) in [5.74, 6) is -0.878.